The third-order valence-corrected chi connectivity index (χ3v) is 7.88. The molecule has 0 aliphatic heterocycles. The lowest BCUT2D eigenvalue weighted by Gasteiger charge is -2.21. The van der Waals surface area contributed by atoms with Crippen LogP contribution in [0, 0.1) is 0 Å². The van der Waals surface area contributed by atoms with Crippen LogP contribution in [0.15, 0.2) is 78.9 Å². The summed E-state index contributed by atoms with van der Waals surface area (Å²) in [5, 5.41) is 20.3. The van der Waals surface area contributed by atoms with Crippen LogP contribution < -0.4 is 4.74 Å². The first-order chi connectivity index (χ1) is 19.1. The Morgan fingerprint density at radius 1 is 1.02 bits per heavy atom. The highest BCUT2D eigenvalue weighted by Gasteiger charge is 2.40. The number of rotatable bonds is 12. The molecule has 2 N–H and O–H groups in total. The minimum Gasteiger partial charge on any atom is -0.487 e. The van der Waals surface area contributed by atoms with Gasteiger partial charge in [0.05, 0.1) is 17.6 Å². The number of thioether (sulfide) groups is 1. The van der Waals surface area contributed by atoms with Crippen molar-refractivity contribution in [1.82, 2.24) is 4.98 Å². The van der Waals surface area contributed by atoms with Crippen molar-refractivity contribution < 1.29 is 32.9 Å². The van der Waals surface area contributed by atoms with Crippen LogP contribution >= 0.6 is 23.4 Å². The largest absolute Gasteiger partial charge is 0.487 e. The highest BCUT2D eigenvalue weighted by Crippen LogP contribution is 2.38. The van der Waals surface area contributed by atoms with Gasteiger partial charge in [0.15, 0.2) is 6.10 Å². The zero-order valence-electron chi connectivity index (χ0n) is 21.3. The van der Waals surface area contributed by atoms with Crippen LogP contribution in [0.1, 0.15) is 46.6 Å². The number of aliphatic hydroxyl groups excluding tert-OH is 1. The van der Waals surface area contributed by atoms with Crippen LogP contribution in [0.4, 0.5) is 13.2 Å². The van der Waals surface area contributed by atoms with Gasteiger partial charge in [-0.25, -0.2) is 4.98 Å². The van der Waals surface area contributed by atoms with E-state index < -0.39 is 18.2 Å². The van der Waals surface area contributed by atoms with Gasteiger partial charge in [-0.1, -0.05) is 60.1 Å². The van der Waals surface area contributed by atoms with Gasteiger partial charge in [-0.05, 0) is 59.9 Å². The van der Waals surface area contributed by atoms with E-state index in [2.05, 4.69) is 4.98 Å². The second-order valence-corrected chi connectivity index (χ2v) is 10.9. The molecule has 4 aromatic rings. The second kappa shape index (κ2) is 13.4. The monoisotopic (exact) mass is 589 g/mol. The van der Waals surface area contributed by atoms with Gasteiger partial charge in [-0.15, -0.1) is 0 Å². The van der Waals surface area contributed by atoms with Gasteiger partial charge in [0.25, 0.3) is 0 Å². The molecular weight excluding hydrogens is 563 g/mol. The number of aryl methyl sites for hydroxylation is 1. The molecule has 210 valence electrons. The number of pyridine rings is 1. The maximum atomic E-state index is 13.2. The number of hydrogen-bond acceptors (Lipinski definition) is 5. The van der Waals surface area contributed by atoms with E-state index in [1.54, 1.807) is 30.3 Å². The Hall–Kier alpha value is -3.27. The molecule has 0 bridgehead atoms. The van der Waals surface area contributed by atoms with Crippen LogP contribution in [0.25, 0.3) is 10.9 Å². The Morgan fingerprint density at radius 3 is 2.58 bits per heavy atom. The molecule has 0 radical (unpaired) electrons. The minimum atomic E-state index is -4.77. The number of hydrogen-bond donors (Lipinski definition) is 2. The molecule has 0 amide bonds. The van der Waals surface area contributed by atoms with Crippen molar-refractivity contribution in [3.63, 3.8) is 0 Å². The highest BCUT2D eigenvalue weighted by molar-refractivity contribution is 7.99. The van der Waals surface area contributed by atoms with E-state index in [0.717, 1.165) is 16.5 Å². The van der Waals surface area contributed by atoms with Gasteiger partial charge in [0.1, 0.15) is 12.4 Å². The van der Waals surface area contributed by atoms with Crippen LogP contribution in [-0.4, -0.2) is 33.1 Å². The van der Waals surface area contributed by atoms with E-state index in [9.17, 15) is 23.1 Å². The number of aliphatic hydroxyl groups is 1. The molecule has 4 rings (SSSR count). The van der Waals surface area contributed by atoms with Crippen molar-refractivity contribution in [2.24, 2.45) is 0 Å². The number of ether oxygens (including phenoxy) is 1. The lowest BCUT2D eigenvalue weighted by molar-refractivity contribution is -0.207. The predicted molar refractivity (Wildman–Crippen MR) is 151 cm³/mol. The summed E-state index contributed by atoms with van der Waals surface area (Å²) in [5.41, 5.74) is 2.55. The van der Waals surface area contributed by atoms with E-state index in [-0.39, 0.29) is 30.3 Å². The summed E-state index contributed by atoms with van der Waals surface area (Å²) < 4.78 is 45.7. The number of aliphatic carboxylic acids is 1. The molecule has 0 aliphatic rings. The summed E-state index contributed by atoms with van der Waals surface area (Å²) in [7, 11) is 0. The van der Waals surface area contributed by atoms with Gasteiger partial charge < -0.3 is 14.9 Å². The first-order valence-corrected chi connectivity index (χ1v) is 14.0. The van der Waals surface area contributed by atoms with Crippen molar-refractivity contribution in [3.05, 3.63) is 106 Å². The average Bonchev–Trinajstić information content (AvgIpc) is 2.92. The number of carboxylic acids is 1. The first-order valence-electron chi connectivity index (χ1n) is 12.5. The number of carbonyl (C=O) groups is 1. The highest BCUT2D eigenvalue weighted by atomic mass is 35.5. The first kappa shape index (κ1) is 29.7. The second-order valence-electron chi connectivity index (χ2n) is 9.19. The Morgan fingerprint density at radius 2 is 1.80 bits per heavy atom. The van der Waals surface area contributed by atoms with Crippen LogP contribution in [0.3, 0.4) is 0 Å². The third-order valence-electron chi connectivity index (χ3n) is 6.30. The zero-order chi connectivity index (χ0) is 28.7. The molecule has 3 aromatic carbocycles. The fourth-order valence-corrected chi connectivity index (χ4v) is 5.67. The zero-order valence-corrected chi connectivity index (χ0v) is 22.8. The maximum absolute atomic E-state index is 13.2. The molecule has 1 heterocycles. The molecule has 5 nitrogen and oxygen atoms in total. The molecule has 0 spiro atoms. The molecule has 2 atom stereocenters. The standard InChI is InChI=1S/C30H27ClF3NO4S/c31-22-11-8-20-9-12-23(35-26(20)17-22)18-39-24-6-3-5-21(16-24)27(40-15-14-28(36)37)13-10-19-4-1-2-7-25(19)29(38)30(32,33)34/h1-9,11-12,16-17,27,29,38H,10,13-15,18H2,(H,36,37). The molecular formula is C30H27ClF3NO4S. The minimum absolute atomic E-state index is 0.0433. The number of fused-ring (bicyclic) bond motifs is 1. The lowest BCUT2D eigenvalue weighted by Crippen LogP contribution is -2.21. The Kier molecular flexibility index (Phi) is 9.95. The summed E-state index contributed by atoms with van der Waals surface area (Å²) in [6, 6.07) is 22.6. The Bertz CT molecular complexity index is 1470. The van der Waals surface area contributed by atoms with Crippen molar-refractivity contribution in [1.29, 1.82) is 0 Å². The van der Waals surface area contributed by atoms with E-state index in [1.807, 2.05) is 36.4 Å². The van der Waals surface area contributed by atoms with E-state index in [1.165, 1.54) is 23.9 Å². The molecule has 0 saturated heterocycles. The summed E-state index contributed by atoms with van der Waals surface area (Å²) >= 11 is 7.51. The summed E-state index contributed by atoms with van der Waals surface area (Å²) in [5.74, 6) is -0.00467. The van der Waals surface area contributed by atoms with Crippen molar-refractivity contribution in [3.8, 4) is 5.75 Å². The fraction of sp³-hybridized carbons (Fsp3) is 0.267. The molecule has 0 aliphatic carbocycles. The summed E-state index contributed by atoms with van der Waals surface area (Å²) in [6.45, 7) is 0.214. The van der Waals surface area contributed by atoms with Crippen LogP contribution in [0.2, 0.25) is 5.02 Å². The number of nitrogens with zero attached hydrogens (tertiary/aromatic N) is 1. The molecule has 0 saturated carbocycles. The third kappa shape index (κ3) is 8.13. The van der Waals surface area contributed by atoms with Crippen molar-refractivity contribution in [2.75, 3.05) is 5.75 Å². The van der Waals surface area contributed by atoms with Gasteiger partial charge in [-0.3, -0.25) is 4.79 Å². The fourth-order valence-electron chi connectivity index (χ4n) is 4.30. The normalized spacial score (nSPS) is 13.2. The maximum Gasteiger partial charge on any atom is 0.418 e. The lowest BCUT2D eigenvalue weighted by atomic mass is 9.96. The molecule has 0 fully saturated rings. The number of alkyl halides is 3. The molecule has 2 unspecified atom stereocenters. The van der Waals surface area contributed by atoms with Gasteiger partial charge in [0.2, 0.25) is 0 Å². The molecule has 40 heavy (non-hydrogen) atoms. The topological polar surface area (TPSA) is 79.7 Å². The van der Waals surface area contributed by atoms with Crippen molar-refractivity contribution >= 4 is 40.2 Å². The average molecular weight is 590 g/mol. The molecule has 10 heteroatoms. The van der Waals surface area contributed by atoms with Gasteiger partial charge in [-0.2, -0.15) is 24.9 Å². The smallest absolute Gasteiger partial charge is 0.418 e. The van der Waals surface area contributed by atoms with E-state index >= 15 is 0 Å². The van der Waals surface area contributed by atoms with Crippen molar-refractivity contribution in [2.45, 2.75) is 43.4 Å². The number of aromatic nitrogens is 1. The molecule has 1 aromatic heterocycles. The summed E-state index contributed by atoms with van der Waals surface area (Å²) in [4.78, 5) is 15.7. The van der Waals surface area contributed by atoms with E-state index in [4.69, 9.17) is 21.4 Å². The predicted octanol–water partition coefficient (Wildman–Crippen LogP) is 7.94. The Balaban J connectivity index is 1.49. The van der Waals surface area contributed by atoms with Crippen LogP contribution in [-0.2, 0) is 17.8 Å². The SMILES string of the molecule is O=C(O)CCSC(CCc1ccccc1C(O)C(F)(F)F)c1cccc(OCc2ccc3ccc(Cl)cc3n2)c1. The number of carboxylic acid groups (broad SMARTS) is 1. The Labute approximate surface area is 239 Å². The summed E-state index contributed by atoms with van der Waals surface area (Å²) in [6.07, 6.45) is -6.69. The van der Waals surface area contributed by atoms with Gasteiger partial charge in [0, 0.05) is 21.4 Å². The number of benzene rings is 3. The quantitative estimate of drug-likeness (QED) is 0.175. The van der Waals surface area contributed by atoms with Gasteiger partial charge >= 0.3 is 12.1 Å². The van der Waals surface area contributed by atoms with E-state index in [0.29, 0.717) is 34.2 Å². The number of halogens is 4. The van der Waals surface area contributed by atoms with Crippen LogP contribution in [0.5, 0.6) is 5.75 Å².